The van der Waals surface area contributed by atoms with Crippen LogP contribution >= 0.6 is 22.9 Å². The van der Waals surface area contributed by atoms with Crippen molar-refractivity contribution in [3.05, 3.63) is 46.3 Å². The number of carbonyl (C=O) groups is 1. The predicted octanol–water partition coefficient (Wildman–Crippen LogP) is 5.08. The summed E-state index contributed by atoms with van der Waals surface area (Å²) in [6.07, 6.45) is 4.73. The Hall–Kier alpha value is -1.32. The van der Waals surface area contributed by atoms with Crippen LogP contribution in [0.15, 0.2) is 35.7 Å². The van der Waals surface area contributed by atoms with E-state index in [0.717, 1.165) is 47.0 Å². The van der Waals surface area contributed by atoms with E-state index >= 15 is 0 Å². The normalized spacial score (nSPS) is 15.8. The number of thiophene rings is 1. The Balaban J connectivity index is 1.77. The number of benzene rings is 1. The Kier molecular flexibility index (Phi) is 4.61. The van der Waals surface area contributed by atoms with Crippen molar-refractivity contribution in [2.45, 2.75) is 25.7 Å². The van der Waals surface area contributed by atoms with Gasteiger partial charge in [0, 0.05) is 28.4 Å². The van der Waals surface area contributed by atoms with Crippen LogP contribution in [0.25, 0.3) is 10.4 Å². The number of hydrogen-bond donors (Lipinski definition) is 0. The molecule has 21 heavy (non-hydrogen) atoms. The second-order valence-corrected chi connectivity index (χ2v) is 6.76. The number of rotatable bonds is 2. The molecular weight excluding hydrogens is 302 g/mol. The van der Waals surface area contributed by atoms with Crippen LogP contribution in [-0.4, -0.2) is 23.9 Å². The van der Waals surface area contributed by atoms with Crippen LogP contribution in [0, 0.1) is 0 Å². The van der Waals surface area contributed by atoms with Gasteiger partial charge in [0.25, 0.3) is 5.91 Å². The number of amides is 1. The van der Waals surface area contributed by atoms with Gasteiger partial charge in [0.15, 0.2) is 0 Å². The van der Waals surface area contributed by atoms with Gasteiger partial charge < -0.3 is 4.90 Å². The first-order valence-corrected chi connectivity index (χ1v) is 8.63. The molecule has 0 unspecified atom stereocenters. The van der Waals surface area contributed by atoms with Gasteiger partial charge in [-0.05, 0) is 36.6 Å². The quantitative estimate of drug-likeness (QED) is 0.755. The molecule has 1 amide bonds. The van der Waals surface area contributed by atoms with Gasteiger partial charge in [0.2, 0.25) is 0 Å². The molecule has 1 aliphatic heterocycles. The third-order valence-electron chi connectivity index (χ3n) is 3.87. The Morgan fingerprint density at radius 2 is 1.71 bits per heavy atom. The van der Waals surface area contributed by atoms with E-state index < -0.39 is 0 Å². The molecule has 0 N–H and O–H groups in total. The third-order valence-corrected chi connectivity index (χ3v) is 5.10. The Morgan fingerprint density at radius 1 is 1.05 bits per heavy atom. The molecule has 0 aliphatic carbocycles. The monoisotopic (exact) mass is 319 g/mol. The largest absolute Gasteiger partial charge is 0.339 e. The first kappa shape index (κ1) is 14.6. The average Bonchev–Trinajstić information content (AvgIpc) is 2.83. The molecule has 1 aromatic heterocycles. The summed E-state index contributed by atoms with van der Waals surface area (Å²) in [6.45, 7) is 1.79. The zero-order valence-electron chi connectivity index (χ0n) is 11.8. The summed E-state index contributed by atoms with van der Waals surface area (Å²) in [6, 6.07) is 9.75. The lowest BCUT2D eigenvalue weighted by atomic mass is 10.1. The van der Waals surface area contributed by atoms with Crippen molar-refractivity contribution in [1.82, 2.24) is 4.90 Å². The molecule has 2 aromatic rings. The van der Waals surface area contributed by atoms with Crippen molar-refractivity contribution in [3.63, 3.8) is 0 Å². The minimum Gasteiger partial charge on any atom is -0.339 e. The van der Waals surface area contributed by atoms with Crippen molar-refractivity contribution < 1.29 is 4.79 Å². The molecule has 110 valence electrons. The van der Waals surface area contributed by atoms with Crippen LogP contribution in [0.4, 0.5) is 0 Å². The van der Waals surface area contributed by atoms with Crippen molar-refractivity contribution in [1.29, 1.82) is 0 Å². The molecule has 3 rings (SSSR count). The van der Waals surface area contributed by atoms with E-state index in [1.165, 1.54) is 12.8 Å². The maximum Gasteiger partial charge on any atom is 0.254 e. The number of halogens is 1. The summed E-state index contributed by atoms with van der Waals surface area (Å²) in [5.41, 5.74) is 1.92. The van der Waals surface area contributed by atoms with Crippen molar-refractivity contribution >= 4 is 28.8 Å². The van der Waals surface area contributed by atoms with E-state index in [0.29, 0.717) is 0 Å². The lowest BCUT2D eigenvalue weighted by Gasteiger charge is -2.19. The first-order chi connectivity index (χ1) is 10.2. The van der Waals surface area contributed by atoms with Gasteiger partial charge in [-0.3, -0.25) is 4.79 Å². The predicted molar refractivity (Wildman–Crippen MR) is 89.1 cm³/mol. The zero-order valence-corrected chi connectivity index (χ0v) is 13.4. The van der Waals surface area contributed by atoms with Crippen molar-refractivity contribution in [2.75, 3.05) is 13.1 Å². The topological polar surface area (TPSA) is 20.3 Å². The highest BCUT2D eigenvalue weighted by atomic mass is 35.5. The number of hydrogen-bond acceptors (Lipinski definition) is 2. The summed E-state index contributed by atoms with van der Waals surface area (Å²) >= 11 is 7.53. The van der Waals surface area contributed by atoms with Crippen molar-refractivity contribution in [3.8, 4) is 10.4 Å². The van der Waals surface area contributed by atoms with E-state index in [2.05, 4.69) is 0 Å². The fourth-order valence-corrected chi connectivity index (χ4v) is 3.69. The number of likely N-dealkylation sites (tertiary alicyclic amines) is 1. The molecule has 0 radical (unpaired) electrons. The Labute approximate surface area is 134 Å². The van der Waals surface area contributed by atoms with Gasteiger partial charge in [-0.15, -0.1) is 11.3 Å². The van der Waals surface area contributed by atoms with Crippen LogP contribution in [0.5, 0.6) is 0 Å². The highest BCUT2D eigenvalue weighted by Crippen LogP contribution is 2.29. The summed E-state index contributed by atoms with van der Waals surface area (Å²) in [5.74, 6) is 0.174. The second kappa shape index (κ2) is 6.63. The molecule has 2 heterocycles. The molecule has 0 bridgehead atoms. The molecule has 1 fully saturated rings. The molecule has 1 aromatic carbocycles. The number of nitrogens with zero attached hydrogens (tertiary/aromatic N) is 1. The second-order valence-electron chi connectivity index (χ2n) is 5.41. The van der Waals surface area contributed by atoms with Gasteiger partial charge in [-0.2, -0.15) is 0 Å². The maximum atomic E-state index is 12.6. The van der Waals surface area contributed by atoms with Crippen LogP contribution in [0.2, 0.25) is 5.02 Å². The molecule has 4 heteroatoms. The highest BCUT2D eigenvalue weighted by Gasteiger charge is 2.18. The fraction of sp³-hybridized carbons (Fsp3) is 0.353. The van der Waals surface area contributed by atoms with E-state index in [1.54, 1.807) is 11.3 Å². The third kappa shape index (κ3) is 3.47. The Morgan fingerprint density at radius 3 is 2.38 bits per heavy atom. The first-order valence-electron chi connectivity index (χ1n) is 7.38. The molecule has 0 spiro atoms. The fourth-order valence-electron chi connectivity index (χ4n) is 2.67. The summed E-state index contributed by atoms with van der Waals surface area (Å²) in [7, 11) is 0. The summed E-state index contributed by atoms with van der Waals surface area (Å²) in [5, 5.41) is 2.70. The van der Waals surface area contributed by atoms with E-state index in [4.69, 9.17) is 11.6 Å². The average molecular weight is 320 g/mol. The van der Waals surface area contributed by atoms with Crippen LogP contribution in [0.1, 0.15) is 36.0 Å². The molecule has 0 atom stereocenters. The van der Waals surface area contributed by atoms with E-state index in [1.807, 2.05) is 40.6 Å². The van der Waals surface area contributed by atoms with E-state index in [9.17, 15) is 4.79 Å². The summed E-state index contributed by atoms with van der Waals surface area (Å²) < 4.78 is 0. The highest BCUT2D eigenvalue weighted by molar-refractivity contribution is 7.13. The lowest BCUT2D eigenvalue weighted by Crippen LogP contribution is -2.31. The van der Waals surface area contributed by atoms with E-state index in [-0.39, 0.29) is 5.91 Å². The molecule has 1 saturated heterocycles. The van der Waals surface area contributed by atoms with Crippen LogP contribution in [-0.2, 0) is 0 Å². The van der Waals surface area contributed by atoms with Crippen LogP contribution < -0.4 is 0 Å². The summed E-state index contributed by atoms with van der Waals surface area (Å²) in [4.78, 5) is 15.7. The lowest BCUT2D eigenvalue weighted by molar-refractivity contribution is 0.0762. The Bertz CT molecular complexity index is 612. The molecule has 2 nitrogen and oxygen atoms in total. The zero-order chi connectivity index (χ0) is 14.7. The maximum absolute atomic E-state index is 12.6. The smallest absolute Gasteiger partial charge is 0.254 e. The molecule has 1 aliphatic rings. The standard InChI is InChI=1S/C17H18ClNOS/c18-15-7-5-13(6-8-15)16-11-14(12-21-16)17(20)19-9-3-1-2-4-10-19/h5-8,11-12H,1-4,9-10H2. The van der Waals surface area contributed by atoms with Gasteiger partial charge >= 0.3 is 0 Å². The molecular formula is C17H18ClNOS. The SMILES string of the molecule is O=C(c1csc(-c2ccc(Cl)cc2)c1)N1CCCCCC1. The van der Waals surface area contributed by atoms with Gasteiger partial charge in [0.05, 0.1) is 5.56 Å². The molecule has 0 saturated carbocycles. The minimum atomic E-state index is 0.174. The minimum absolute atomic E-state index is 0.174. The van der Waals surface area contributed by atoms with Gasteiger partial charge in [-0.25, -0.2) is 0 Å². The van der Waals surface area contributed by atoms with Gasteiger partial charge in [0.1, 0.15) is 0 Å². The van der Waals surface area contributed by atoms with Crippen molar-refractivity contribution in [2.24, 2.45) is 0 Å². The van der Waals surface area contributed by atoms with Crippen LogP contribution in [0.3, 0.4) is 0 Å². The van der Waals surface area contributed by atoms with Gasteiger partial charge in [-0.1, -0.05) is 36.6 Å². The number of carbonyl (C=O) groups excluding carboxylic acids is 1.